The molecule has 2 aromatic carbocycles. The number of aryl methyl sites for hydroxylation is 1. The van der Waals surface area contributed by atoms with E-state index < -0.39 is 11.4 Å². The van der Waals surface area contributed by atoms with E-state index in [0.717, 1.165) is 17.7 Å². The average molecular weight is 369 g/mol. The lowest BCUT2D eigenvalue weighted by molar-refractivity contribution is -0.143. The number of hydrogen-bond acceptors (Lipinski definition) is 3. The van der Waals surface area contributed by atoms with Gasteiger partial charge in [-0.2, -0.15) is 0 Å². The van der Waals surface area contributed by atoms with Crippen molar-refractivity contribution in [2.24, 2.45) is 0 Å². The molecule has 1 unspecified atom stereocenters. The summed E-state index contributed by atoms with van der Waals surface area (Å²) in [6, 6.07) is 16.7. The van der Waals surface area contributed by atoms with Crippen LogP contribution in [0.5, 0.6) is 5.75 Å². The molecule has 2 rings (SSSR count). The first-order valence-electron chi connectivity index (χ1n) is 9.23. The van der Waals surface area contributed by atoms with Gasteiger partial charge in [0.25, 0.3) is 0 Å². The fourth-order valence-electron chi connectivity index (χ4n) is 2.70. The SMILES string of the molecule is CCCOc1ccc(CCC(=O)NCC(C)(C(=O)O)c2ccccc2)cc1. The molecule has 144 valence electrons. The van der Waals surface area contributed by atoms with Crippen LogP contribution in [0.3, 0.4) is 0 Å². The molecule has 0 spiro atoms. The number of rotatable bonds is 10. The maximum Gasteiger partial charge on any atom is 0.315 e. The molecule has 1 amide bonds. The minimum absolute atomic E-state index is 0.0506. The molecule has 0 fully saturated rings. The van der Waals surface area contributed by atoms with Crippen molar-refractivity contribution in [3.8, 4) is 5.75 Å². The summed E-state index contributed by atoms with van der Waals surface area (Å²) in [5, 5.41) is 12.4. The van der Waals surface area contributed by atoms with E-state index in [0.29, 0.717) is 25.0 Å². The van der Waals surface area contributed by atoms with E-state index >= 15 is 0 Å². The standard InChI is InChI=1S/C22H27NO4/c1-3-15-27-19-12-9-17(10-13-19)11-14-20(24)23-16-22(2,21(25)26)18-7-5-4-6-8-18/h4-10,12-13H,3,11,14-16H2,1-2H3,(H,23,24)(H,25,26). The zero-order valence-corrected chi connectivity index (χ0v) is 15.9. The zero-order valence-electron chi connectivity index (χ0n) is 15.9. The van der Waals surface area contributed by atoms with Crippen LogP contribution in [0.1, 0.15) is 37.8 Å². The lowest BCUT2D eigenvalue weighted by Crippen LogP contribution is -2.44. The summed E-state index contributed by atoms with van der Waals surface area (Å²) < 4.78 is 5.54. The van der Waals surface area contributed by atoms with Gasteiger partial charge in [-0.1, -0.05) is 49.4 Å². The van der Waals surface area contributed by atoms with Crippen molar-refractivity contribution >= 4 is 11.9 Å². The minimum Gasteiger partial charge on any atom is -0.494 e. The molecule has 0 aliphatic rings. The highest BCUT2D eigenvalue weighted by atomic mass is 16.5. The van der Waals surface area contributed by atoms with Gasteiger partial charge >= 0.3 is 5.97 Å². The number of amides is 1. The largest absolute Gasteiger partial charge is 0.494 e. The molecule has 0 saturated carbocycles. The Balaban J connectivity index is 1.87. The molecule has 0 saturated heterocycles. The third kappa shape index (κ3) is 5.84. The first-order valence-corrected chi connectivity index (χ1v) is 9.23. The third-order valence-electron chi connectivity index (χ3n) is 4.56. The Labute approximate surface area is 160 Å². The Morgan fingerprint density at radius 1 is 1.07 bits per heavy atom. The second-order valence-electron chi connectivity index (χ2n) is 6.77. The molecule has 1 atom stereocenters. The van der Waals surface area contributed by atoms with Crippen molar-refractivity contribution in [1.29, 1.82) is 0 Å². The van der Waals surface area contributed by atoms with Crippen LogP contribution in [0.15, 0.2) is 54.6 Å². The van der Waals surface area contributed by atoms with Crippen LogP contribution < -0.4 is 10.1 Å². The lowest BCUT2D eigenvalue weighted by Gasteiger charge is -2.25. The number of aliphatic carboxylic acids is 1. The van der Waals surface area contributed by atoms with Crippen LogP contribution in [0, 0.1) is 0 Å². The van der Waals surface area contributed by atoms with Gasteiger partial charge in [-0.15, -0.1) is 0 Å². The highest BCUT2D eigenvalue weighted by molar-refractivity contribution is 5.83. The van der Waals surface area contributed by atoms with Crippen molar-refractivity contribution in [3.63, 3.8) is 0 Å². The van der Waals surface area contributed by atoms with Crippen molar-refractivity contribution < 1.29 is 19.4 Å². The quantitative estimate of drug-likeness (QED) is 0.671. The topological polar surface area (TPSA) is 75.6 Å². The molecule has 0 aliphatic heterocycles. The number of carboxylic acid groups (broad SMARTS) is 1. The Kier molecular flexibility index (Phi) is 7.41. The molecule has 2 aromatic rings. The molecule has 0 heterocycles. The summed E-state index contributed by atoms with van der Waals surface area (Å²) in [6.45, 7) is 4.42. The molecule has 0 aromatic heterocycles. The maximum atomic E-state index is 12.2. The van der Waals surface area contributed by atoms with Gasteiger partial charge in [0.05, 0.1) is 6.61 Å². The molecule has 0 bridgehead atoms. The van der Waals surface area contributed by atoms with E-state index in [2.05, 4.69) is 12.2 Å². The summed E-state index contributed by atoms with van der Waals surface area (Å²) in [4.78, 5) is 24.0. The summed E-state index contributed by atoms with van der Waals surface area (Å²) in [7, 11) is 0. The van der Waals surface area contributed by atoms with Gasteiger partial charge in [-0.05, 0) is 43.0 Å². The molecule has 5 heteroatoms. The van der Waals surface area contributed by atoms with E-state index in [9.17, 15) is 14.7 Å². The summed E-state index contributed by atoms with van der Waals surface area (Å²) >= 11 is 0. The number of nitrogens with one attached hydrogen (secondary N) is 1. The van der Waals surface area contributed by atoms with Gasteiger partial charge in [0.2, 0.25) is 5.91 Å². The van der Waals surface area contributed by atoms with Crippen LogP contribution in [-0.2, 0) is 21.4 Å². The minimum atomic E-state index is -1.16. The number of benzene rings is 2. The number of carbonyl (C=O) groups is 2. The van der Waals surface area contributed by atoms with Crippen LogP contribution in [0.2, 0.25) is 0 Å². The van der Waals surface area contributed by atoms with Crippen LogP contribution in [0.25, 0.3) is 0 Å². The predicted molar refractivity (Wildman–Crippen MR) is 105 cm³/mol. The van der Waals surface area contributed by atoms with E-state index in [-0.39, 0.29) is 12.5 Å². The van der Waals surface area contributed by atoms with E-state index in [1.54, 1.807) is 31.2 Å². The second kappa shape index (κ2) is 9.76. The van der Waals surface area contributed by atoms with Gasteiger partial charge in [-0.3, -0.25) is 9.59 Å². The monoisotopic (exact) mass is 369 g/mol. The predicted octanol–water partition coefficient (Wildman–Crippen LogP) is 3.57. The first kappa shape index (κ1) is 20.5. The Hall–Kier alpha value is -2.82. The normalized spacial score (nSPS) is 12.8. The summed E-state index contributed by atoms with van der Waals surface area (Å²) in [5.74, 6) is -0.300. The summed E-state index contributed by atoms with van der Waals surface area (Å²) in [5.41, 5.74) is 0.549. The Bertz CT molecular complexity index is 743. The molecule has 5 nitrogen and oxygen atoms in total. The maximum absolute atomic E-state index is 12.2. The first-order chi connectivity index (χ1) is 13.0. The van der Waals surface area contributed by atoms with E-state index in [1.165, 1.54) is 0 Å². The fourth-order valence-corrected chi connectivity index (χ4v) is 2.70. The highest BCUT2D eigenvalue weighted by Gasteiger charge is 2.35. The van der Waals surface area contributed by atoms with E-state index in [4.69, 9.17) is 4.74 Å². The molecular formula is C22H27NO4. The molecule has 0 aliphatic carbocycles. The second-order valence-corrected chi connectivity index (χ2v) is 6.77. The average Bonchev–Trinajstić information content (AvgIpc) is 2.70. The Morgan fingerprint density at radius 2 is 1.74 bits per heavy atom. The molecule has 27 heavy (non-hydrogen) atoms. The van der Waals surface area contributed by atoms with Gasteiger partial charge in [0, 0.05) is 13.0 Å². The van der Waals surface area contributed by atoms with Crippen molar-refractivity contribution in [2.75, 3.05) is 13.2 Å². The summed E-state index contributed by atoms with van der Waals surface area (Å²) in [6.07, 6.45) is 1.86. The van der Waals surface area contributed by atoms with Crippen LogP contribution in [-0.4, -0.2) is 30.1 Å². The zero-order chi connectivity index (χ0) is 19.7. The van der Waals surface area contributed by atoms with Gasteiger partial charge in [-0.25, -0.2) is 0 Å². The number of ether oxygens (including phenoxy) is 1. The highest BCUT2D eigenvalue weighted by Crippen LogP contribution is 2.23. The molecular weight excluding hydrogens is 342 g/mol. The van der Waals surface area contributed by atoms with Crippen LogP contribution in [0.4, 0.5) is 0 Å². The van der Waals surface area contributed by atoms with E-state index in [1.807, 2.05) is 30.3 Å². The third-order valence-corrected chi connectivity index (χ3v) is 4.56. The van der Waals surface area contributed by atoms with Gasteiger partial charge in [0.15, 0.2) is 0 Å². The Morgan fingerprint density at radius 3 is 2.33 bits per heavy atom. The van der Waals surface area contributed by atoms with Crippen molar-refractivity contribution in [1.82, 2.24) is 5.32 Å². The molecule has 2 N–H and O–H groups in total. The number of carboxylic acids is 1. The van der Waals surface area contributed by atoms with Gasteiger partial charge < -0.3 is 15.2 Å². The van der Waals surface area contributed by atoms with Gasteiger partial charge in [0.1, 0.15) is 11.2 Å². The number of hydrogen-bond donors (Lipinski definition) is 2. The molecule has 0 radical (unpaired) electrons. The number of carbonyl (C=O) groups excluding carboxylic acids is 1. The smallest absolute Gasteiger partial charge is 0.315 e. The van der Waals surface area contributed by atoms with Crippen molar-refractivity contribution in [2.45, 2.75) is 38.5 Å². The van der Waals surface area contributed by atoms with Crippen LogP contribution >= 0.6 is 0 Å². The van der Waals surface area contributed by atoms with Crippen molar-refractivity contribution in [3.05, 3.63) is 65.7 Å². The fraction of sp³-hybridized carbons (Fsp3) is 0.364. The lowest BCUT2D eigenvalue weighted by atomic mass is 9.82.